The summed E-state index contributed by atoms with van der Waals surface area (Å²) in [6, 6.07) is 6.92. The van der Waals surface area contributed by atoms with Crippen molar-refractivity contribution in [3.05, 3.63) is 46.8 Å². The van der Waals surface area contributed by atoms with Crippen LogP contribution in [0.25, 0.3) is 0 Å². The number of aryl methyl sites for hydroxylation is 3. The first kappa shape index (κ1) is 15.1. The number of aromatic hydroxyl groups is 1. The summed E-state index contributed by atoms with van der Waals surface area (Å²) in [6.07, 6.45) is 1.00. The Hall–Kier alpha value is -2.30. The summed E-state index contributed by atoms with van der Waals surface area (Å²) in [5.74, 6) is 0.219. The van der Waals surface area contributed by atoms with Crippen LogP contribution in [0.2, 0.25) is 0 Å². The van der Waals surface area contributed by atoms with Gasteiger partial charge in [0, 0.05) is 17.7 Å². The van der Waals surface area contributed by atoms with Gasteiger partial charge in [0.25, 0.3) is 0 Å². The smallest absolute Gasteiger partial charge is 0.220 e. The molecule has 0 aliphatic carbocycles. The van der Waals surface area contributed by atoms with E-state index < -0.39 is 0 Å². The molecular formula is C16H21N3O2. The highest BCUT2D eigenvalue weighted by molar-refractivity contribution is 5.76. The second-order valence-electron chi connectivity index (χ2n) is 5.31. The van der Waals surface area contributed by atoms with E-state index in [1.165, 1.54) is 0 Å². The molecule has 21 heavy (non-hydrogen) atoms. The van der Waals surface area contributed by atoms with E-state index in [-0.39, 0.29) is 17.7 Å². The molecule has 3 N–H and O–H groups in total. The number of amides is 1. The minimum atomic E-state index is -0.0690. The van der Waals surface area contributed by atoms with Gasteiger partial charge in [-0.25, -0.2) is 0 Å². The Morgan fingerprint density at radius 3 is 2.81 bits per heavy atom. The van der Waals surface area contributed by atoms with Gasteiger partial charge in [0.2, 0.25) is 5.91 Å². The third kappa shape index (κ3) is 3.84. The molecule has 0 spiro atoms. The van der Waals surface area contributed by atoms with E-state index in [9.17, 15) is 9.90 Å². The van der Waals surface area contributed by atoms with Crippen molar-refractivity contribution < 1.29 is 9.90 Å². The van der Waals surface area contributed by atoms with Crippen molar-refractivity contribution in [3.8, 4) is 5.75 Å². The molecule has 1 aromatic heterocycles. The number of benzene rings is 1. The molecule has 0 saturated carbocycles. The monoisotopic (exact) mass is 287 g/mol. The van der Waals surface area contributed by atoms with Crippen LogP contribution in [-0.2, 0) is 11.2 Å². The molecule has 112 valence electrons. The highest BCUT2D eigenvalue weighted by Gasteiger charge is 2.16. The fourth-order valence-electron chi connectivity index (χ4n) is 2.55. The lowest BCUT2D eigenvalue weighted by molar-refractivity contribution is -0.121. The van der Waals surface area contributed by atoms with Crippen LogP contribution in [0.5, 0.6) is 5.75 Å². The number of H-pyrrole nitrogens is 1. The summed E-state index contributed by atoms with van der Waals surface area (Å²) >= 11 is 0. The topological polar surface area (TPSA) is 78.0 Å². The summed E-state index contributed by atoms with van der Waals surface area (Å²) in [5, 5.41) is 19.5. The SMILES string of the molecule is Cc1n[nH]c(C)c1C(C)NC(=O)CCc1cccc(O)c1. The predicted octanol–water partition coefficient (Wildman–Crippen LogP) is 2.54. The second-order valence-corrected chi connectivity index (χ2v) is 5.31. The summed E-state index contributed by atoms with van der Waals surface area (Å²) in [7, 11) is 0. The molecule has 5 heteroatoms. The van der Waals surface area contributed by atoms with Gasteiger partial charge in [0.1, 0.15) is 5.75 Å². The van der Waals surface area contributed by atoms with Crippen LogP contribution >= 0.6 is 0 Å². The molecule has 2 rings (SSSR count). The van der Waals surface area contributed by atoms with E-state index in [0.717, 1.165) is 22.5 Å². The van der Waals surface area contributed by atoms with Crippen molar-refractivity contribution in [3.63, 3.8) is 0 Å². The van der Waals surface area contributed by atoms with Crippen LogP contribution < -0.4 is 5.32 Å². The average Bonchev–Trinajstić information content (AvgIpc) is 2.76. The molecule has 0 radical (unpaired) electrons. The molecule has 0 saturated heterocycles. The Bertz CT molecular complexity index is 615. The Morgan fingerprint density at radius 1 is 1.43 bits per heavy atom. The molecule has 0 fully saturated rings. The molecule has 1 unspecified atom stereocenters. The van der Waals surface area contributed by atoms with Gasteiger partial charge in [-0.2, -0.15) is 5.10 Å². The minimum Gasteiger partial charge on any atom is -0.508 e. The Balaban J connectivity index is 1.90. The van der Waals surface area contributed by atoms with Gasteiger partial charge in [-0.05, 0) is 44.9 Å². The predicted molar refractivity (Wildman–Crippen MR) is 81.0 cm³/mol. The van der Waals surface area contributed by atoms with E-state index in [4.69, 9.17) is 0 Å². The molecule has 5 nitrogen and oxygen atoms in total. The standard InChI is InChI=1S/C16H21N3O2/c1-10(16-11(2)18-19-12(16)3)17-15(21)8-7-13-5-4-6-14(20)9-13/h4-6,9-10,20H,7-8H2,1-3H3,(H,17,21)(H,18,19). The van der Waals surface area contributed by atoms with Gasteiger partial charge in [0.05, 0.1) is 11.7 Å². The minimum absolute atomic E-state index is 0.00848. The van der Waals surface area contributed by atoms with E-state index in [1.54, 1.807) is 18.2 Å². The van der Waals surface area contributed by atoms with E-state index in [1.807, 2.05) is 26.8 Å². The highest BCUT2D eigenvalue weighted by atomic mass is 16.3. The number of nitrogens with one attached hydrogen (secondary N) is 2. The van der Waals surface area contributed by atoms with E-state index in [0.29, 0.717) is 12.8 Å². The second kappa shape index (κ2) is 6.43. The fourth-order valence-corrected chi connectivity index (χ4v) is 2.55. The maximum absolute atomic E-state index is 12.0. The number of hydrogen-bond acceptors (Lipinski definition) is 3. The maximum atomic E-state index is 12.0. The highest BCUT2D eigenvalue weighted by Crippen LogP contribution is 2.19. The zero-order valence-corrected chi connectivity index (χ0v) is 12.6. The first-order chi connectivity index (χ1) is 9.97. The van der Waals surface area contributed by atoms with Gasteiger partial charge < -0.3 is 10.4 Å². The van der Waals surface area contributed by atoms with Gasteiger partial charge in [-0.15, -0.1) is 0 Å². The first-order valence-corrected chi connectivity index (χ1v) is 7.06. The van der Waals surface area contributed by atoms with Crippen molar-refractivity contribution >= 4 is 5.91 Å². The number of phenolic OH excluding ortho intramolecular Hbond substituents is 1. The summed E-state index contributed by atoms with van der Waals surface area (Å²) in [6.45, 7) is 5.83. The Morgan fingerprint density at radius 2 is 2.19 bits per heavy atom. The largest absolute Gasteiger partial charge is 0.508 e. The van der Waals surface area contributed by atoms with Crippen LogP contribution in [0.3, 0.4) is 0 Å². The fraction of sp³-hybridized carbons (Fsp3) is 0.375. The first-order valence-electron chi connectivity index (χ1n) is 7.06. The number of hydrogen-bond donors (Lipinski definition) is 3. The number of carbonyl (C=O) groups is 1. The van der Waals surface area contributed by atoms with Gasteiger partial charge in [-0.3, -0.25) is 9.89 Å². The lowest BCUT2D eigenvalue weighted by Crippen LogP contribution is -2.27. The van der Waals surface area contributed by atoms with Gasteiger partial charge >= 0.3 is 0 Å². The number of nitrogens with zero attached hydrogens (tertiary/aromatic N) is 1. The molecule has 0 aliphatic heterocycles. The molecule has 1 heterocycles. The molecule has 0 bridgehead atoms. The number of carbonyl (C=O) groups excluding carboxylic acids is 1. The van der Waals surface area contributed by atoms with Crippen molar-refractivity contribution in [2.45, 2.75) is 39.7 Å². The van der Waals surface area contributed by atoms with E-state index in [2.05, 4.69) is 15.5 Å². The van der Waals surface area contributed by atoms with Crippen molar-refractivity contribution in [2.75, 3.05) is 0 Å². The Labute approximate surface area is 124 Å². The quantitative estimate of drug-likeness (QED) is 0.790. The Kier molecular flexibility index (Phi) is 4.62. The number of aromatic amines is 1. The maximum Gasteiger partial charge on any atom is 0.220 e. The molecule has 0 aliphatic rings. The van der Waals surface area contributed by atoms with Gasteiger partial charge in [-0.1, -0.05) is 12.1 Å². The third-order valence-corrected chi connectivity index (χ3v) is 3.55. The third-order valence-electron chi connectivity index (χ3n) is 3.55. The number of aromatic nitrogens is 2. The lowest BCUT2D eigenvalue weighted by Gasteiger charge is -2.14. The molecule has 1 atom stereocenters. The number of rotatable bonds is 5. The van der Waals surface area contributed by atoms with Crippen LogP contribution in [0, 0.1) is 13.8 Å². The van der Waals surface area contributed by atoms with Crippen molar-refractivity contribution in [1.82, 2.24) is 15.5 Å². The van der Waals surface area contributed by atoms with Crippen LogP contribution in [-0.4, -0.2) is 21.2 Å². The molecular weight excluding hydrogens is 266 g/mol. The normalized spacial score (nSPS) is 12.1. The summed E-state index contributed by atoms with van der Waals surface area (Å²) < 4.78 is 0. The average molecular weight is 287 g/mol. The summed E-state index contributed by atoms with van der Waals surface area (Å²) in [5.41, 5.74) is 3.88. The lowest BCUT2D eigenvalue weighted by atomic mass is 10.1. The van der Waals surface area contributed by atoms with Gasteiger partial charge in [0.15, 0.2) is 0 Å². The van der Waals surface area contributed by atoms with E-state index >= 15 is 0 Å². The zero-order valence-electron chi connectivity index (χ0n) is 12.6. The van der Waals surface area contributed by atoms with Crippen LogP contribution in [0.15, 0.2) is 24.3 Å². The van der Waals surface area contributed by atoms with Crippen molar-refractivity contribution in [1.29, 1.82) is 0 Å². The zero-order chi connectivity index (χ0) is 15.4. The summed E-state index contributed by atoms with van der Waals surface area (Å²) in [4.78, 5) is 12.0. The number of phenols is 1. The van der Waals surface area contributed by atoms with Crippen LogP contribution in [0.4, 0.5) is 0 Å². The van der Waals surface area contributed by atoms with Crippen LogP contribution in [0.1, 0.15) is 41.9 Å². The molecule has 2 aromatic rings. The van der Waals surface area contributed by atoms with Crippen molar-refractivity contribution in [2.24, 2.45) is 0 Å². The molecule has 1 aromatic carbocycles. The molecule has 1 amide bonds.